The van der Waals surface area contributed by atoms with Crippen LogP contribution in [0.5, 0.6) is 0 Å². The molecule has 0 unspecified atom stereocenters. The molecule has 0 aromatic heterocycles. The molecule has 1 aliphatic heterocycles. The highest BCUT2D eigenvalue weighted by atomic mass is 35.5. The molecule has 0 bridgehead atoms. The summed E-state index contributed by atoms with van der Waals surface area (Å²) in [6.45, 7) is 1.20. The van der Waals surface area contributed by atoms with Crippen LogP contribution in [0.3, 0.4) is 0 Å². The number of nitrogens with zero attached hydrogens (tertiary/aromatic N) is 1. The van der Waals surface area contributed by atoms with E-state index in [1.54, 1.807) is 4.90 Å². The molecular formula is C16H16ClF3N2O2. The Hall–Kier alpha value is -1.76. The van der Waals surface area contributed by atoms with E-state index in [1.165, 1.54) is 6.07 Å². The standard InChI is InChI=1S/C16H16ClF3N2O2/c17-10-3-4-12(11(9-10)16(18,19)20)21-13(23)15(5-6-15)14(24)22-7-1-2-8-22/h3-4,9H,1-2,5-8H2,(H,21,23). The Morgan fingerprint density at radius 1 is 1.17 bits per heavy atom. The summed E-state index contributed by atoms with van der Waals surface area (Å²) in [5.41, 5.74) is -2.61. The van der Waals surface area contributed by atoms with E-state index in [0.717, 1.165) is 25.0 Å². The summed E-state index contributed by atoms with van der Waals surface area (Å²) in [4.78, 5) is 26.6. The molecule has 2 fully saturated rings. The molecular weight excluding hydrogens is 345 g/mol. The van der Waals surface area contributed by atoms with E-state index in [4.69, 9.17) is 11.6 Å². The number of benzene rings is 1. The SMILES string of the molecule is O=C(Nc1ccc(Cl)cc1C(F)(F)F)C1(C(=O)N2CCCC2)CC1. The van der Waals surface area contributed by atoms with Gasteiger partial charge in [0.2, 0.25) is 11.8 Å². The number of carbonyl (C=O) groups is 2. The first-order chi connectivity index (χ1) is 11.2. The number of likely N-dealkylation sites (tertiary alicyclic amines) is 1. The number of alkyl halides is 3. The van der Waals surface area contributed by atoms with Crippen molar-refractivity contribution in [1.29, 1.82) is 0 Å². The zero-order valence-electron chi connectivity index (χ0n) is 12.8. The third-order valence-corrected chi connectivity index (χ3v) is 4.76. The van der Waals surface area contributed by atoms with Gasteiger partial charge in [-0.25, -0.2) is 0 Å². The molecule has 1 aromatic rings. The second-order valence-corrected chi connectivity index (χ2v) is 6.66. The minimum Gasteiger partial charge on any atom is -0.342 e. The van der Waals surface area contributed by atoms with Crippen molar-refractivity contribution in [3.05, 3.63) is 28.8 Å². The van der Waals surface area contributed by atoms with Gasteiger partial charge < -0.3 is 10.2 Å². The Bertz CT molecular complexity index is 680. The van der Waals surface area contributed by atoms with Gasteiger partial charge in [0, 0.05) is 18.1 Å². The highest BCUT2D eigenvalue weighted by Gasteiger charge is 2.58. The van der Waals surface area contributed by atoms with Gasteiger partial charge in [-0.2, -0.15) is 13.2 Å². The molecule has 0 spiro atoms. The van der Waals surface area contributed by atoms with Crippen LogP contribution in [-0.4, -0.2) is 29.8 Å². The molecule has 130 valence electrons. The van der Waals surface area contributed by atoms with Crippen molar-refractivity contribution < 1.29 is 22.8 Å². The lowest BCUT2D eigenvalue weighted by Gasteiger charge is -2.23. The molecule has 0 atom stereocenters. The molecule has 2 aliphatic rings. The van der Waals surface area contributed by atoms with Crippen LogP contribution in [0.25, 0.3) is 0 Å². The monoisotopic (exact) mass is 360 g/mol. The third-order valence-electron chi connectivity index (χ3n) is 4.52. The fraction of sp³-hybridized carbons (Fsp3) is 0.500. The maximum atomic E-state index is 13.1. The lowest BCUT2D eigenvalue weighted by Crippen LogP contribution is -2.41. The summed E-state index contributed by atoms with van der Waals surface area (Å²) in [7, 11) is 0. The Balaban J connectivity index is 1.81. The van der Waals surface area contributed by atoms with Gasteiger partial charge in [-0.3, -0.25) is 9.59 Å². The predicted octanol–water partition coefficient (Wildman–Crippen LogP) is 3.70. The maximum absolute atomic E-state index is 13.1. The summed E-state index contributed by atoms with van der Waals surface area (Å²) in [6, 6.07) is 3.15. The van der Waals surface area contributed by atoms with Gasteiger partial charge in [0.25, 0.3) is 0 Å². The summed E-state index contributed by atoms with van der Waals surface area (Å²) in [6.07, 6.45) is -2.15. The van der Waals surface area contributed by atoms with E-state index in [9.17, 15) is 22.8 Å². The molecule has 1 aliphatic carbocycles. The molecule has 1 aromatic carbocycles. The van der Waals surface area contributed by atoms with Crippen molar-refractivity contribution in [1.82, 2.24) is 4.90 Å². The van der Waals surface area contributed by atoms with Crippen LogP contribution in [0.15, 0.2) is 18.2 Å². The molecule has 2 amide bonds. The minimum atomic E-state index is -4.65. The molecule has 1 N–H and O–H groups in total. The van der Waals surface area contributed by atoms with Crippen molar-refractivity contribution in [2.24, 2.45) is 5.41 Å². The van der Waals surface area contributed by atoms with Crippen LogP contribution < -0.4 is 5.32 Å². The molecule has 1 saturated heterocycles. The van der Waals surface area contributed by atoms with Gasteiger partial charge in [0.05, 0.1) is 11.3 Å². The number of anilines is 1. The number of hydrogen-bond donors (Lipinski definition) is 1. The van der Waals surface area contributed by atoms with Crippen LogP contribution in [-0.2, 0) is 15.8 Å². The average molecular weight is 361 g/mol. The first-order valence-corrected chi connectivity index (χ1v) is 8.09. The number of carbonyl (C=O) groups excluding carboxylic acids is 2. The quantitative estimate of drug-likeness (QED) is 0.836. The predicted molar refractivity (Wildman–Crippen MR) is 82.6 cm³/mol. The first-order valence-electron chi connectivity index (χ1n) is 7.72. The van der Waals surface area contributed by atoms with Crippen LogP contribution >= 0.6 is 11.6 Å². The maximum Gasteiger partial charge on any atom is 0.418 e. The lowest BCUT2D eigenvalue weighted by molar-refractivity contribution is -0.141. The number of halogens is 4. The van der Waals surface area contributed by atoms with Gasteiger partial charge in [0.15, 0.2) is 0 Å². The van der Waals surface area contributed by atoms with Gasteiger partial charge in [-0.15, -0.1) is 0 Å². The Morgan fingerprint density at radius 3 is 2.33 bits per heavy atom. The van der Waals surface area contributed by atoms with Crippen LogP contribution in [0.2, 0.25) is 5.02 Å². The Labute approximate surface area is 142 Å². The minimum absolute atomic E-state index is 0.0744. The topological polar surface area (TPSA) is 49.4 Å². The summed E-state index contributed by atoms with van der Waals surface area (Å²) in [5.74, 6) is -0.952. The summed E-state index contributed by atoms with van der Waals surface area (Å²) in [5, 5.41) is 2.21. The summed E-state index contributed by atoms with van der Waals surface area (Å²) >= 11 is 5.62. The van der Waals surface area contributed by atoms with Gasteiger partial charge >= 0.3 is 6.18 Å². The van der Waals surface area contributed by atoms with E-state index in [-0.39, 0.29) is 16.6 Å². The number of amides is 2. The number of nitrogens with one attached hydrogen (secondary N) is 1. The van der Waals surface area contributed by atoms with Crippen LogP contribution in [0, 0.1) is 5.41 Å². The van der Waals surface area contributed by atoms with E-state index >= 15 is 0 Å². The Morgan fingerprint density at radius 2 is 1.79 bits per heavy atom. The highest BCUT2D eigenvalue weighted by molar-refractivity contribution is 6.30. The normalized spacial score (nSPS) is 19.2. The van der Waals surface area contributed by atoms with E-state index in [1.807, 2.05) is 0 Å². The fourth-order valence-corrected chi connectivity index (χ4v) is 3.16. The lowest BCUT2D eigenvalue weighted by atomic mass is 10.0. The molecule has 1 heterocycles. The number of rotatable bonds is 3. The average Bonchev–Trinajstić information content (AvgIpc) is 3.14. The smallest absolute Gasteiger partial charge is 0.342 e. The first kappa shape index (κ1) is 17.1. The van der Waals surface area contributed by atoms with E-state index in [0.29, 0.717) is 25.9 Å². The van der Waals surface area contributed by atoms with Crippen molar-refractivity contribution in [2.75, 3.05) is 18.4 Å². The molecule has 0 radical (unpaired) electrons. The fourth-order valence-electron chi connectivity index (χ4n) is 2.99. The molecule has 3 rings (SSSR count). The summed E-state index contributed by atoms with van der Waals surface area (Å²) < 4.78 is 39.3. The Kier molecular flexibility index (Phi) is 4.23. The van der Waals surface area contributed by atoms with Crippen LogP contribution in [0.1, 0.15) is 31.2 Å². The zero-order chi connectivity index (χ0) is 17.5. The van der Waals surface area contributed by atoms with Crippen molar-refractivity contribution in [3.8, 4) is 0 Å². The van der Waals surface area contributed by atoms with E-state index < -0.39 is 23.1 Å². The zero-order valence-corrected chi connectivity index (χ0v) is 13.5. The molecule has 1 saturated carbocycles. The van der Waals surface area contributed by atoms with Crippen molar-refractivity contribution in [2.45, 2.75) is 31.9 Å². The molecule has 8 heteroatoms. The van der Waals surface area contributed by atoms with Crippen LogP contribution in [0.4, 0.5) is 18.9 Å². The van der Waals surface area contributed by atoms with Gasteiger partial charge in [-0.1, -0.05) is 11.6 Å². The van der Waals surface area contributed by atoms with E-state index in [2.05, 4.69) is 5.32 Å². The molecule has 4 nitrogen and oxygen atoms in total. The number of hydrogen-bond acceptors (Lipinski definition) is 2. The highest BCUT2D eigenvalue weighted by Crippen LogP contribution is 2.49. The third kappa shape index (κ3) is 3.09. The van der Waals surface area contributed by atoms with Crippen molar-refractivity contribution in [3.63, 3.8) is 0 Å². The second-order valence-electron chi connectivity index (χ2n) is 6.22. The molecule has 24 heavy (non-hydrogen) atoms. The van der Waals surface area contributed by atoms with Crippen molar-refractivity contribution >= 4 is 29.1 Å². The van der Waals surface area contributed by atoms with Gasteiger partial charge in [0.1, 0.15) is 5.41 Å². The van der Waals surface area contributed by atoms with Gasteiger partial charge in [-0.05, 0) is 43.9 Å². The largest absolute Gasteiger partial charge is 0.418 e. The second kappa shape index (κ2) is 5.95.